The van der Waals surface area contributed by atoms with Crippen molar-refractivity contribution in [1.82, 2.24) is 15.0 Å². The maximum absolute atomic E-state index is 6.33. The lowest BCUT2D eigenvalue weighted by Gasteiger charge is -2.46. The number of nitrogens with zero attached hydrogens (tertiary/aromatic N) is 3. The van der Waals surface area contributed by atoms with E-state index in [2.05, 4.69) is 21.1 Å². The van der Waals surface area contributed by atoms with Gasteiger partial charge >= 0.3 is 0 Å². The monoisotopic (exact) mass is 407 g/mol. The lowest BCUT2D eigenvalue weighted by atomic mass is 9.78. The average Bonchev–Trinajstić information content (AvgIpc) is 3.40. The molecule has 1 aromatic carbocycles. The quantitative estimate of drug-likeness (QED) is 0.614. The van der Waals surface area contributed by atoms with Gasteiger partial charge < -0.3 is 13.7 Å². The second-order valence-corrected chi connectivity index (χ2v) is 8.76. The third kappa shape index (κ3) is 4.35. The Morgan fingerprint density at radius 1 is 1.10 bits per heavy atom. The van der Waals surface area contributed by atoms with Crippen molar-refractivity contribution in [1.29, 1.82) is 0 Å². The van der Waals surface area contributed by atoms with Gasteiger partial charge in [0.15, 0.2) is 0 Å². The van der Waals surface area contributed by atoms with Gasteiger partial charge in [0, 0.05) is 31.7 Å². The summed E-state index contributed by atoms with van der Waals surface area (Å²) in [6.45, 7) is 5.80. The van der Waals surface area contributed by atoms with Gasteiger partial charge in [-0.05, 0) is 50.7 Å². The van der Waals surface area contributed by atoms with E-state index in [1.165, 1.54) is 0 Å². The van der Waals surface area contributed by atoms with Crippen molar-refractivity contribution in [2.24, 2.45) is 5.92 Å². The van der Waals surface area contributed by atoms with E-state index >= 15 is 0 Å². The molecule has 2 fully saturated rings. The first-order chi connectivity index (χ1) is 14.7. The summed E-state index contributed by atoms with van der Waals surface area (Å²) >= 11 is 0. The van der Waals surface area contributed by atoms with Crippen molar-refractivity contribution in [2.75, 3.05) is 19.7 Å². The van der Waals surface area contributed by atoms with E-state index in [1.807, 2.05) is 43.3 Å². The Kier molecular flexibility index (Phi) is 5.44. The molecule has 2 saturated heterocycles. The number of rotatable bonds is 5. The molecule has 5 rings (SSSR count). The highest BCUT2D eigenvalue weighted by molar-refractivity contribution is 5.53. The number of aromatic nitrogens is 2. The van der Waals surface area contributed by atoms with Gasteiger partial charge in [-0.15, -0.1) is 0 Å². The maximum Gasteiger partial charge on any atom is 0.227 e. The van der Waals surface area contributed by atoms with Gasteiger partial charge in [0.1, 0.15) is 11.5 Å². The summed E-state index contributed by atoms with van der Waals surface area (Å²) in [4.78, 5) is 7.10. The molecule has 0 amide bonds. The molecule has 2 aromatic heterocycles. The van der Waals surface area contributed by atoms with Crippen molar-refractivity contribution >= 4 is 0 Å². The van der Waals surface area contributed by atoms with Crippen LogP contribution in [0.1, 0.15) is 43.1 Å². The van der Waals surface area contributed by atoms with Crippen LogP contribution in [0.5, 0.6) is 0 Å². The normalized spacial score (nSPS) is 21.8. The van der Waals surface area contributed by atoms with Crippen molar-refractivity contribution in [2.45, 2.75) is 51.2 Å². The fraction of sp³-hybridized carbons (Fsp3) is 0.500. The van der Waals surface area contributed by atoms with Crippen LogP contribution in [0.3, 0.4) is 0 Å². The van der Waals surface area contributed by atoms with Gasteiger partial charge in [-0.3, -0.25) is 4.90 Å². The Morgan fingerprint density at radius 2 is 1.93 bits per heavy atom. The smallest absolute Gasteiger partial charge is 0.227 e. The Balaban J connectivity index is 1.17. The van der Waals surface area contributed by atoms with Gasteiger partial charge in [-0.1, -0.05) is 35.5 Å². The molecule has 0 bridgehead atoms. The molecule has 1 atom stereocenters. The predicted octanol–water partition coefficient (Wildman–Crippen LogP) is 4.64. The van der Waals surface area contributed by atoms with E-state index in [4.69, 9.17) is 13.7 Å². The lowest BCUT2D eigenvalue weighted by Crippen LogP contribution is -2.49. The predicted molar refractivity (Wildman–Crippen MR) is 113 cm³/mol. The molecule has 0 aliphatic carbocycles. The third-order valence-corrected chi connectivity index (χ3v) is 6.50. The zero-order valence-corrected chi connectivity index (χ0v) is 17.5. The van der Waals surface area contributed by atoms with E-state index in [0.717, 1.165) is 81.3 Å². The first-order valence-corrected chi connectivity index (χ1v) is 11.0. The second kappa shape index (κ2) is 8.36. The summed E-state index contributed by atoms with van der Waals surface area (Å²) in [5, 5.41) is 4.17. The van der Waals surface area contributed by atoms with Crippen molar-refractivity contribution in [3.8, 4) is 11.4 Å². The molecular formula is C24H29N3O3. The molecule has 0 radical (unpaired) electrons. The third-order valence-electron chi connectivity index (χ3n) is 6.50. The van der Waals surface area contributed by atoms with Crippen LogP contribution in [-0.4, -0.2) is 40.3 Å². The van der Waals surface area contributed by atoms with Crippen LogP contribution in [0.25, 0.3) is 11.4 Å². The standard InChI is InChI=1S/C24H29N3O3/c1-18-7-8-21(29-18)17-27-12-10-24(11-13-27)16-19(9-14-28-24)15-22-25-23(26-30-22)20-5-3-2-4-6-20/h2-8,19H,9-17H2,1H3. The average molecular weight is 408 g/mol. The van der Waals surface area contributed by atoms with Crippen LogP contribution in [0.2, 0.25) is 0 Å². The molecule has 6 nitrogen and oxygen atoms in total. The fourth-order valence-corrected chi connectivity index (χ4v) is 4.85. The highest BCUT2D eigenvalue weighted by atomic mass is 16.5. The minimum Gasteiger partial charge on any atom is -0.465 e. The van der Waals surface area contributed by atoms with Gasteiger partial charge in [0.05, 0.1) is 12.1 Å². The summed E-state index contributed by atoms with van der Waals surface area (Å²) < 4.78 is 17.6. The molecule has 1 unspecified atom stereocenters. The molecule has 158 valence electrons. The number of hydrogen-bond donors (Lipinski definition) is 0. The lowest BCUT2D eigenvalue weighted by molar-refractivity contribution is -0.128. The Hall–Kier alpha value is -2.44. The molecular weight excluding hydrogens is 378 g/mol. The first-order valence-electron chi connectivity index (χ1n) is 11.0. The van der Waals surface area contributed by atoms with Crippen LogP contribution in [0.15, 0.2) is 51.4 Å². The molecule has 2 aliphatic rings. The minimum absolute atomic E-state index is 0.000773. The van der Waals surface area contributed by atoms with Crippen molar-refractivity contribution in [3.05, 3.63) is 59.9 Å². The van der Waals surface area contributed by atoms with E-state index in [1.54, 1.807) is 0 Å². The number of benzene rings is 1. The molecule has 1 spiro atoms. The Morgan fingerprint density at radius 3 is 2.70 bits per heavy atom. The second-order valence-electron chi connectivity index (χ2n) is 8.76. The SMILES string of the molecule is Cc1ccc(CN2CCC3(CC2)CC(Cc2nc(-c4ccccc4)no2)CCO3)o1. The van der Waals surface area contributed by atoms with Crippen LogP contribution in [0, 0.1) is 12.8 Å². The summed E-state index contributed by atoms with van der Waals surface area (Å²) in [5.41, 5.74) is 0.996. The first kappa shape index (κ1) is 19.5. The maximum atomic E-state index is 6.33. The molecule has 6 heteroatoms. The Bertz CT molecular complexity index is 957. The summed E-state index contributed by atoms with van der Waals surface area (Å²) in [6, 6.07) is 14.1. The number of aryl methyl sites for hydroxylation is 1. The fourth-order valence-electron chi connectivity index (χ4n) is 4.85. The Labute approximate surface area is 177 Å². The van der Waals surface area contributed by atoms with Gasteiger partial charge in [-0.2, -0.15) is 4.98 Å². The molecule has 0 N–H and O–H groups in total. The number of likely N-dealkylation sites (tertiary alicyclic amines) is 1. The van der Waals surface area contributed by atoms with Gasteiger partial charge in [0.25, 0.3) is 0 Å². The summed E-state index contributed by atoms with van der Waals surface area (Å²) in [6.07, 6.45) is 5.11. The largest absolute Gasteiger partial charge is 0.465 e. The highest BCUT2D eigenvalue weighted by Crippen LogP contribution is 2.39. The molecule has 0 saturated carbocycles. The zero-order chi connectivity index (χ0) is 20.4. The van der Waals surface area contributed by atoms with Crippen LogP contribution in [-0.2, 0) is 17.7 Å². The molecule has 2 aliphatic heterocycles. The number of furan rings is 1. The van der Waals surface area contributed by atoms with Crippen molar-refractivity contribution in [3.63, 3.8) is 0 Å². The number of ether oxygens (including phenoxy) is 1. The highest BCUT2D eigenvalue weighted by Gasteiger charge is 2.40. The zero-order valence-electron chi connectivity index (χ0n) is 17.5. The topological polar surface area (TPSA) is 64.5 Å². The van der Waals surface area contributed by atoms with Crippen LogP contribution < -0.4 is 0 Å². The molecule has 30 heavy (non-hydrogen) atoms. The van der Waals surface area contributed by atoms with E-state index < -0.39 is 0 Å². The number of piperidine rings is 1. The minimum atomic E-state index is 0.000773. The van der Waals surface area contributed by atoms with Gasteiger partial charge in [0.2, 0.25) is 11.7 Å². The van der Waals surface area contributed by atoms with E-state index in [0.29, 0.717) is 11.7 Å². The van der Waals surface area contributed by atoms with Gasteiger partial charge in [-0.25, -0.2) is 0 Å². The van der Waals surface area contributed by atoms with E-state index in [-0.39, 0.29) is 5.60 Å². The number of hydrogen-bond acceptors (Lipinski definition) is 6. The van der Waals surface area contributed by atoms with Crippen LogP contribution >= 0.6 is 0 Å². The molecule has 3 aromatic rings. The summed E-state index contributed by atoms with van der Waals surface area (Å²) in [5.74, 6) is 3.97. The molecule has 4 heterocycles. The van der Waals surface area contributed by atoms with Crippen LogP contribution in [0.4, 0.5) is 0 Å². The summed E-state index contributed by atoms with van der Waals surface area (Å²) in [7, 11) is 0. The van der Waals surface area contributed by atoms with E-state index in [9.17, 15) is 0 Å². The van der Waals surface area contributed by atoms with Crippen molar-refractivity contribution < 1.29 is 13.7 Å².